The van der Waals surface area contributed by atoms with Crippen molar-refractivity contribution in [3.63, 3.8) is 0 Å². The normalized spacial score (nSPS) is 13.5. The van der Waals surface area contributed by atoms with Gasteiger partial charge in [0.15, 0.2) is 0 Å². The van der Waals surface area contributed by atoms with Crippen LogP contribution in [0.5, 0.6) is 0 Å². The molecule has 3 rings (SSSR count). The topological polar surface area (TPSA) is 69.7 Å². The number of anilines is 2. The van der Waals surface area contributed by atoms with E-state index >= 15 is 0 Å². The molecule has 0 aliphatic carbocycles. The molecule has 0 radical (unpaired) electrons. The zero-order valence-electron chi connectivity index (χ0n) is 16.6. The minimum atomic E-state index is -0.312. The number of benzene rings is 2. The van der Waals surface area contributed by atoms with Crippen LogP contribution in [-0.2, 0) is 16.0 Å². The molecule has 0 bridgehead atoms. The summed E-state index contributed by atoms with van der Waals surface area (Å²) in [5.74, 6) is -0.585. The first-order valence-corrected chi connectivity index (χ1v) is 10.0. The number of hydrogen-bond acceptors (Lipinski definition) is 3. The number of nitrogens with zero attached hydrogens (tertiary/aromatic N) is 2. The molecule has 0 atom stereocenters. The summed E-state index contributed by atoms with van der Waals surface area (Å²) in [7, 11) is 1.57. The maximum atomic E-state index is 12.8. The van der Waals surface area contributed by atoms with Crippen LogP contribution in [0.1, 0.15) is 35.7 Å². The summed E-state index contributed by atoms with van der Waals surface area (Å²) in [5, 5.41) is 3.29. The number of rotatable bonds is 6. The van der Waals surface area contributed by atoms with Crippen molar-refractivity contribution in [2.75, 3.05) is 30.4 Å². The highest BCUT2D eigenvalue weighted by Crippen LogP contribution is 2.30. The molecule has 1 saturated heterocycles. The summed E-state index contributed by atoms with van der Waals surface area (Å²) in [4.78, 5) is 40.2. The number of halogens is 1. The molecule has 2 aromatic rings. The van der Waals surface area contributed by atoms with Gasteiger partial charge in [0.1, 0.15) is 0 Å². The summed E-state index contributed by atoms with van der Waals surface area (Å²) in [6, 6.07) is 12.4. The van der Waals surface area contributed by atoms with E-state index in [-0.39, 0.29) is 24.3 Å². The van der Waals surface area contributed by atoms with Gasteiger partial charge in [0.05, 0.1) is 17.3 Å². The molecule has 1 fully saturated rings. The molecule has 1 aliphatic heterocycles. The molecule has 3 amide bonds. The predicted molar refractivity (Wildman–Crippen MR) is 114 cm³/mol. The molecule has 0 aromatic heterocycles. The van der Waals surface area contributed by atoms with Crippen LogP contribution in [0.2, 0.25) is 5.02 Å². The molecule has 0 spiro atoms. The number of hydrogen-bond donors (Lipinski definition) is 1. The predicted octanol–water partition coefficient (Wildman–Crippen LogP) is 3.74. The highest BCUT2D eigenvalue weighted by atomic mass is 35.5. The second-order valence-electron chi connectivity index (χ2n) is 7.04. The maximum absolute atomic E-state index is 12.8. The van der Waals surface area contributed by atoms with E-state index in [1.807, 2.05) is 31.2 Å². The van der Waals surface area contributed by atoms with Crippen molar-refractivity contribution in [3.8, 4) is 0 Å². The van der Waals surface area contributed by atoms with E-state index in [1.54, 1.807) is 30.1 Å². The Balaban J connectivity index is 1.70. The van der Waals surface area contributed by atoms with Gasteiger partial charge in [-0.15, -0.1) is 0 Å². The molecule has 0 saturated carbocycles. The van der Waals surface area contributed by atoms with E-state index in [0.29, 0.717) is 29.2 Å². The standard InChI is InChI=1S/C22H24ClN3O3/c1-3-15-7-4-5-8-18(15)24-20(27)14-25(2)22(29)16-10-11-17(23)19(13-16)26-12-6-9-21(26)28/h4-5,7-8,10-11,13H,3,6,9,12,14H2,1-2H3,(H,24,27). The van der Waals surface area contributed by atoms with E-state index in [2.05, 4.69) is 5.32 Å². The Bertz CT molecular complexity index is 945. The lowest BCUT2D eigenvalue weighted by Gasteiger charge is -2.21. The Hall–Kier alpha value is -2.86. The Labute approximate surface area is 175 Å². The van der Waals surface area contributed by atoms with Gasteiger partial charge in [-0.2, -0.15) is 0 Å². The fourth-order valence-electron chi connectivity index (χ4n) is 3.40. The van der Waals surface area contributed by atoms with Crippen molar-refractivity contribution in [3.05, 3.63) is 58.6 Å². The smallest absolute Gasteiger partial charge is 0.254 e. The lowest BCUT2D eigenvalue weighted by atomic mass is 10.1. The number of para-hydroxylation sites is 1. The van der Waals surface area contributed by atoms with Crippen LogP contribution in [0, 0.1) is 0 Å². The van der Waals surface area contributed by atoms with Crippen LogP contribution in [0.4, 0.5) is 11.4 Å². The number of carbonyl (C=O) groups excluding carboxylic acids is 3. The SMILES string of the molecule is CCc1ccccc1NC(=O)CN(C)C(=O)c1ccc(Cl)c(N2CCCC2=O)c1. The maximum Gasteiger partial charge on any atom is 0.254 e. The molecule has 1 aliphatic rings. The first kappa shape index (κ1) is 20.9. The molecule has 2 aromatic carbocycles. The lowest BCUT2D eigenvalue weighted by Crippen LogP contribution is -2.35. The zero-order valence-corrected chi connectivity index (χ0v) is 17.3. The van der Waals surface area contributed by atoms with Crippen LogP contribution in [0.3, 0.4) is 0 Å². The Kier molecular flexibility index (Phi) is 6.54. The Morgan fingerprint density at radius 3 is 2.66 bits per heavy atom. The van der Waals surface area contributed by atoms with Crippen molar-refractivity contribution in [2.24, 2.45) is 0 Å². The number of carbonyl (C=O) groups is 3. The molecule has 29 heavy (non-hydrogen) atoms. The Morgan fingerprint density at radius 2 is 1.97 bits per heavy atom. The molecule has 0 unspecified atom stereocenters. The first-order chi connectivity index (χ1) is 13.9. The number of amides is 3. The van der Waals surface area contributed by atoms with Gasteiger partial charge in [-0.1, -0.05) is 36.7 Å². The summed E-state index contributed by atoms with van der Waals surface area (Å²) in [5.41, 5.74) is 2.71. The third-order valence-electron chi connectivity index (χ3n) is 4.96. The molecular weight excluding hydrogens is 390 g/mol. The monoisotopic (exact) mass is 413 g/mol. The number of nitrogens with one attached hydrogen (secondary N) is 1. The summed E-state index contributed by atoms with van der Waals surface area (Å²) < 4.78 is 0. The van der Waals surface area contributed by atoms with Crippen molar-refractivity contribution in [1.82, 2.24) is 4.90 Å². The van der Waals surface area contributed by atoms with Gasteiger partial charge < -0.3 is 15.1 Å². The average Bonchev–Trinajstić information content (AvgIpc) is 3.13. The zero-order chi connectivity index (χ0) is 21.0. The van der Waals surface area contributed by atoms with Gasteiger partial charge in [0, 0.05) is 31.3 Å². The van der Waals surface area contributed by atoms with E-state index in [4.69, 9.17) is 11.6 Å². The van der Waals surface area contributed by atoms with Crippen molar-refractivity contribution >= 4 is 40.7 Å². The highest BCUT2D eigenvalue weighted by Gasteiger charge is 2.25. The van der Waals surface area contributed by atoms with Gasteiger partial charge in [0.2, 0.25) is 11.8 Å². The summed E-state index contributed by atoms with van der Waals surface area (Å²) in [6.45, 7) is 2.52. The molecule has 7 heteroatoms. The molecule has 6 nitrogen and oxygen atoms in total. The van der Waals surface area contributed by atoms with Crippen LogP contribution in [0.15, 0.2) is 42.5 Å². The molecule has 1 heterocycles. The van der Waals surface area contributed by atoms with Gasteiger partial charge >= 0.3 is 0 Å². The van der Waals surface area contributed by atoms with Gasteiger partial charge in [0.25, 0.3) is 5.91 Å². The third kappa shape index (κ3) is 4.77. The number of aryl methyl sites for hydroxylation is 1. The second-order valence-corrected chi connectivity index (χ2v) is 7.44. The second kappa shape index (κ2) is 9.09. The van der Waals surface area contributed by atoms with Gasteiger partial charge in [-0.25, -0.2) is 0 Å². The first-order valence-electron chi connectivity index (χ1n) is 9.63. The average molecular weight is 414 g/mol. The van der Waals surface area contributed by atoms with Crippen LogP contribution in [0.25, 0.3) is 0 Å². The van der Waals surface area contributed by atoms with E-state index in [0.717, 1.165) is 24.1 Å². The van der Waals surface area contributed by atoms with Gasteiger partial charge in [-0.05, 0) is 42.7 Å². The number of likely N-dealkylation sites (N-methyl/N-ethyl adjacent to an activating group) is 1. The van der Waals surface area contributed by atoms with E-state index in [9.17, 15) is 14.4 Å². The fourth-order valence-corrected chi connectivity index (χ4v) is 3.62. The summed E-state index contributed by atoms with van der Waals surface area (Å²) in [6.07, 6.45) is 2.05. The molecular formula is C22H24ClN3O3. The van der Waals surface area contributed by atoms with E-state index in [1.165, 1.54) is 4.90 Å². The van der Waals surface area contributed by atoms with Crippen LogP contribution < -0.4 is 10.2 Å². The van der Waals surface area contributed by atoms with Crippen LogP contribution in [-0.4, -0.2) is 42.8 Å². The summed E-state index contributed by atoms with van der Waals surface area (Å²) >= 11 is 6.25. The lowest BCUT2D eigenvalue weighted by molar-refractivity contribution is -0.117. The molecule has 152 valence electrons. The quantitative estimate of drug-likeness (QED) is 0.784. The molecule has 1 N–H and O–H groups in total. The van der Waals surface area contributed by atoms with Gasteiger partial charge in [-0.3, -0.25) is 14.4 Å². The fraction of sp³-hybridized carbons (Fsp3) is 0.318. The van der Waals surface area contributed by atoms with Crippen LogP contribution >= 0.6 is 11.6 Å². The van der Waals surface area contributed by atoms with Crippen molar-refractivity contribution in [2.45, 2.75) is 26.2 Å². The minimum Gasteiger partial charge on any atom is -0.332 e. The van der Waals surface area contributed by atoms with Crippen molar-refractivity contribution in [1.29, 1.82) is 0 Å². The Morgan fingerprint density at radius 1 is 1.21 bits per heavy atom. The highest BCUT2D eigenvalue weighted by molar-refractivity contribution is 6.34. The van der Waals surface area contributed by atoms with E-state index < -0.39 is 0 Å². The van der Waals surface area contributed by atoms with Crippen molar-refractivity contribution < 1.29 is 14.4 Å². The minimum absolute atomic E-state index is 0.00109. The third-order valence-corrected chi connectivity index (χ3v) is 5.28. The largest absolute Gasteiger partial charge is 0.332 e.